The molecule has 0 bridgehead atoms. The molecule has 3 aromatic rings. The molecule has 0 spiro atoms. The molecule has 1 aromatic carbocycles. The van der Waals surface area contributed by atoms with E-state index in [1.807, 2.05) is 25.1 Å². The average molecular weight is 284 g/mol. The summed E-state index contributed by atoms with van der Waals surface area (Å²) in [5, 5.41) is 9.31. The Kier molecular flexibility index (Phi) is 2.81. The molecule has 5 nitrogen and oxygen atoms in total. The fraction of sp³-hybridized carbons (Fsp3) is 0.0714. The summed E-state index contributed by atoms with van der Waals surface area (Å²) in [5.41, 5.74) is 9.32. The first-order chi connectivity index (χ1) is 9.60. The molecule has 0 aliphatic carbocycles. The van der Waals surface area contributed by atoms with Crippen LogP contribution in [0.15, 0.2) is 30.3 Å². The predicted molar refractivity (Wildman–Crippen MR) is 77.7 cm³/mol. The maximum Gasteiger partial charge on any atom is 0.207 e. The number of halogens is 1. The van der Waals surface area contributed by atoms with Crippen LogP contribution in [0.3, 0.4) is 0 Å². The van der Waals surface area contributed by atoms with Gasteiger partial charge in [-0.25, -0.2) is 9.97 Å². The number of nitrogen functional groups attached to an aromatic ring is 1. The number of anilines is 1. The van der Waals surface area contributed by atoms with E-state index in [9.17, 15) is 0 Å². The molecule has 0 saturated carbocycles. The van der Waals surface area contributed by atoms with Crippen molar-refractivity contribution in [1.29, 1.82) is 5.26 Å². The maximum absolute atomic E-state index is 8.88. The highest BCUT2D eigenvalue weighted by atomic mass is 35.5. The Morgan fingerprint density at radius 3 is 2.75 bits per heavy atom. The molecule has 0 radical (unpaired) electrons. The first kappa shape index (κ1) is 12.5. The minimum absolute atomic E-state index is 0.310. The molecule has 20 heavy (non-hydrogen) atoms. The molecule has 0 aliphatic rings. The van der Waals surface area contributed by atoms with Gasteiger partial charge in [0.05, 0.1) is 22.3 Å². The number of aromatic nitrogens is 3. The number of hydrogen-bond donors (Lipinski definition) is 1. The van der Waals surface area contributed by atoms with Crippen LogP contribution in [-0.2, 0) is 0 Å². The van der Waals surface area contributed by atoms with E-state index < -0.39 is 0 Å². The minimum Gasteiger partial charge on any atom is -0.369 e. The largest absolute Gasteiger partial charge is 0.369 e. The molecular weight excluding hydrogens is 274 g/mol. The fourth-order valence-corrected chi connectivity index (χ4v) is 2.33. The number of pyridine rings is 1. The Morgan fingerprint density at radius 2 is 2.05 bits per heavy atom. The van der Waals surface area contributed by atoms with Crippen LogP contribution in [0.2, 0.25) is 5.02 Å². The van der Waals surface area contributed by atoms with Gasteiger partial charge >= 0.3 is 0 Å². The Morgan fingerprint density at radius 1 is 1.25 bits per heavy atom. The third-order valence-corrected chi connectivity index (χ3v) is 3.29. The molecular formula is C14H10ClN5. The van der Waals surface area contributed by atoms with Crippen molar-refractivity contribution in [2.75, 3.05) is 5.73 Å². The van der Waals surface area contributed by atoms with Crippen LogP contribution in [0.25, 0.3) is 16.9 Å². The van der Waals surface area contributed by atoms with Crippen molar-refractivity contribution in [2.24, 2.45) is 0 Å². The fourth-order valence-electron chi connectivity index (χ4n) is 2.06. The van der Waals surface area contributed by atoms with Gasteiger partial charge in [-0.15, -0.1) is 0 Å². The van der Waals surface area contributed by atoms with E-state index in [0.717, 1.165) is 5.69 Å². The Bertz CT molecular complexity index is 860. The zero-order valence-corrected chi connectivity index (χ0v) is 11.4. The molecule has 2 heterocycles. The SMILES string of the molecule is Cc1ccc2nc(N)n(-c3ccc(C#N)cc3Cl)c2n1. The van der Waals surface area contributed by atoms with Crippen LogP contribution in [0, 0.1) is 18.3 Å². The normalized spacial score (nSPS) is 10.7. The summed E-state index contributed by atoms with van der Waals surface area (Å²) >= 11 is 6.23. The Balaban J connectivity index is 2.32. The maximum atomic E-state index is 8.88. The van der Waals surface area contributed by atoms with Gasteiger partial charge in [0.15, 0.2) is 5.65 Å². The lowest BCUT2D eigenvalue weighted by Crippen LogP contribution is -2.02. The number of nitriles is 1. The topological polar surface area (TPSA) is 80.5 Å². The number of rotatable bonds is 1. The third-order valence-electron chi connectivity index (χ3n) is 2.99. The monoisotopic (exact) mass is 283 g/mol. The number of imidazole rings is 1. The van der Waals surface area contributed by atoms with E-state index in [4.69, 9.17) is 22.6 Å². The summed E-state index contributed by atoms with van der Waals surface area (Å²) in [7, 11) is 0. The van der Waals surface area contributed by atoms with Crippen molar-refractivity contribution >= 4 is 28.7 Å². The number of nitrogens with zero attached hydrogens (tertiary/aromatic N) is 4. The van der Waals surface area contributed by atoms with Crippen LogP contribution in [0.1, 0.15) is 11.3 Å². The lowest BCUT2D eigenvalue weighted by atomic mass is 10.2. The van der Waals surface area contributed by atoms with Gasteiger partial charge in [0, 0.05) is 5.69 Å². The van der Waals surface area contributed by atoms with Gasteiger partial charge in [-0.1, -0.05) is 11.6 Å². The van der Waals surface area contributed by atoms with Crippen LogP contribution < -0.4 is 5.73 Å². The number of hydrogen-bond acceptors (Lipinski definition) is 4. The lowest BCUT2D eigenvalue weighted by Gasteiger charge is -2.08. The van der Waals surface area contributed by atoms with Gasteiger partial charge < -0.3 is 5.73 Å². The smallest absolute Gasteiger partial charge is 0.207 e. The lowest BCUT2D eigenvalue weighted by molar-refractivity contribution is 1.07. The zero-order chi connectivity index (χ0) is 14.3. The summed E-state index contributed by atoms with van der Waals surface area (Å²) in [6.45, 7) is 1.90. The summed E-state index contributed by atoms with van der Waals surface area (Å²) in [6.07, 6.45) is 0. The standard InChI is InChI=1S/C14H10ClN5/c1-8-2-4-11-13(18-8)20(14(17)19-11)12-5-3-9(7-16)6-10(12)15/h2-6H,1H3,(H2,17,19). The van der Waals surface area contributed by atoms with Gasteiger partial charge in [-0.3, -0.25) is 4.57 Å². The molecule has 2 N–H and O–H groups in total. The molecule has 0 atom stereocenters. The third kappa shape index (κ3) is 1.87. The average Bonchev–Trinajstić information content (AvgIpc) is 2.74. The molecule has 98 valence electrons. The highest BCUT2D eigenvalue weighted by Crippen LogP contribution is 2.28. The van der Waals surface area contributed by atoms with E-state index in [0.29, 0.717) is 33.4 Å². The Hall–Kier alpha value is -2.58. The number of fused-ring (bicyclic) bond motifs is 1. The van der Waals surface area contributed by atoms with Crippen LogP contribution >= 0.6 is 11.6 Å². The molecule has 0 aliphatic heterocycles. The van der Waals surface area contributed by atoms with Gasteiger partial charge in [0.1, 0.15) is 5.52 Å². The van der Waals surface area contributed by atoms with Gasteiger partial charge in [0.25, 0.3) is 0 Å². The Labute approximate surface area is 120 Å². The first-order valence-corrected chi connectivity index (χ1v) is 6.29. The highest BCUT2D eigenvalue weighted by Gasteiger charge is 2.14. The zero-order valence-electron chi connectivity index (χ0n) is 10.6. The van der Waals surface area contributed by atoms with E-state index in [1.54, 1.807) is 22.8 Å². The van der Waals surface area contributed by atoms with E-state index in [2.05, 4.69) is 9.97 Å². The minimum atomic E-state index is 0.310. The number of nitrogens with two attached hydrogens (primary N) is 1. The molecule has 0 amide bonds. The van der Waals surface area contributed by atoms with E-state index in [-0.39, 0.29) is 0 Å². The second kappa shape index (κ2) is 4.51. The van der Waals surface area contributed by atoms with Gasteiger partial charge in [-0.2, -0.15) is 5.26 Å². The van der Waals surface area contributed by atoms with Gasteiger partial charge in [0.2, 0.25) is 5.95 Å². The first-order valence-electron chi connectivity index (χ1n) is 5.92. The molecule has 6 heteroatoms. The predicted octanol–water partition coefficient (Wildman–Crippen LogP) is 2.84. The summed E-state index contributed by atoms with van der Waals surface area (Å²) < 4.78 is 1.69. The molecule has 3 rings (SSSR count). The van der Waals surface area contributed by atoms with E-state index >= 15 is 0 Å². The van der Waals surface area contributed by atoms with Crippen LogP contribution in [0.5, 0.6) is 0 Å². The summed E-state index contributed by atoms with van der Waals surface area (Å²) in [6, 6.07) is 10.8. The number of benzene rings is 1. The number of aryl methyl sites for hydroxylation is 1. The molecule has 2 aromatic heterocycles. The quantitative estimate of drug-likeness (QED) is 0.744. The van der Waals surface area contributed by atoms with E-state index in [1.165, 1.54) is 0 Å². The second-order valence-corrected chi connectivity index (χ2v) is 4.79. The van der Waals surface area contributed by atoms with Crippen molar-refractivity contribution in [1.82, 2.24) is 14.5 Å². The molecule has 0 unspecified atom stereocenters. The summed E-state index contributed by atoms with van der Waals surface area (Å²) in [4.78, 5) is 8.72. The van der Waals surface area contributed by atoms with Crippen molar-refractivity contribution in [3.05, 3.63) is 46.6 Å². The second-order valence-electron chi connectivity index (χ2n) is 4.38. The molecule has 0 saturated heterocycles. The van der Waals surface area contributed by atoms with Crippen molar-refractivity contribution in [2.45, 2.75) is 6.92 Å². The highest BCUT2D eigenvalue weighted by molar-refractivity contribution is 6.32. The van der Waals surface area contributed by atoms with Crippen molar-refractivity contribution in [3.63, 3.8) is 0 Å². The van der Waals surface area contributed by atoms with Gasteiger partial charge in [-0.05, 0) is 37.3 Å². The summed E-state index contributed by atoms with van der Waals surface area (Å²) in [5.74, 6) is 0.310. The van der Waals surface area contributed by atoms with Crippen LogP contribution in [0.4, 0.5) is 5.95 Å². The van der Waals surface area contributed by atoms with Crippen LogP contribution in [-0.4, -0.2) is 14.5 Å². The van der Waals surface area contributed by atoms with Crippen molar-refractivity contribution in [3.8, 4) is 11.8 Å². The molecule has 0 fully saturated rings. The van der Waals surface area contributed by atoms with Crippen molar-refractivity contribution < 1.29 is 0 Å².